The summed E-state index contributed by atoms with van der Waals surface area (Å²) in [5, 5.41) is 0. The third-order valence-electron chi connectivity index (χ3n) is 6.65. The maximum atomic E-state index is 13.3. The van der Waals surface area contributed by atoms with E-state index in [1.54, 1.807) is 18.3 Å². The molecule has 2 aromatic heterocycles. The summed E-state index contributed by atoms with van der Waals surface area (Å²) >= 11 is 0. The summed E-state index contributed by atoms with van der Waals surface area (Å²) in [6.45, 7) is 0.304. The van der Waals surface area contributed by atoms with Gasteiger partial charge in [0.1, 0.15) is 31.9 Å². The first-order valence-electron chi connectivity index (χ1n) is 12.4. The van der Waals surface area contributed by atoms with Gasteiger partial charge in [0, 0.05) is 50.9 Å². The van der Waals surface area contributed by atoms with Gasteiger partial charge in [-0.1, -0.05) is 12.8 Å². The number of methoxy groups -OCH3 is 2. The van der Waals surface area contributed by atoms with Crippen molar-refractivity contribution in [3.8, 4) is 11.6 Å². The quantitative estimate of drug-likeness (QED) is 0.192. The summed E-state index contributed by atoms with van der Waals surface area (Å²) in [7, 11) is 2.89. The summed E-state index contributed by atoms with van der Waals surface area (Å²) in [6, 6.07) is 4.90. The standard InChI is InChI=1S/C26H32F3N3O6/c1-34-16-32-22(15-37-23-8-7-19(14-31-23)26(27,28)29)25(24(32)33,38-17-35-2)13-20-12-21(9-10-30-20)36-11-3-4-18-5-6-18/h7-10,12,14,18,22H,3-6,11,13,15-17H2,1-2H3/t22-,25+/m0/s1. The van der Waals surface area contributed by atoms with Gasteiger partial charge < -0.3 is 28.6 Å². The van der Waals surface area contributed by atoms with Crippen LogP contribution in [0, 0.1) is 5.92 Å². The molecule has 2 aromatic rings. The van der Waals surface area contributed by atoms with Gasteiger partial charge >= 0.3 is 6.18 Å². The number of amides is 1. The highest BCUT2D eigenvalue weighted by molar-refractivity contribution is 5.93. The van der Waals surface area contributed by atoms with E-state index in [1.807, 2.05) is 0 Å². The zero-order chi connectivity index (χ0) is 27.2. The molecule has 1 aliphatic heterocycles. The van der Waals surface area contributed by atoms with Gasteiger partial charge in [0.2, 0.25) is 5.88 Å². The summed E-state index contributed by atoms with van der Waals surface area (Å²) in [5.41, 5.74) is -1.70. The van der Waals surface area contributed by atoms with E-state index in [2.05, 4.69) is 9.97 Å². The van der Waals surface area contributed by atoms with Gasteiger partial charge in [-0.25, -0.2) is 4.98 Å². The van der Waals surface area contributed by atoms with Crippen LogP contribution in [0.1, 0.15) is 36.9 Å². The first-order chi connectivity index (χ1) is 18.3. The van der Waals surface area contributed by atoms with Crippen molar-refractivity contribution >= 4 is 5.91 Å². The second-order valence-corrected chi connectivity index (χ2v) is 9.44. The molecule has 2 fully saturated rings. The van der Waals surface area contributed by atoms with Crippen LogP contribution in [0.5, 0.6) is 11.6 Å². The summed E-state index contributed by atoms with van der Waals surface area (Å²) in [6.07, 6.45) is 2.65. The topological polar surface area (TPSA) is 92.2 Å². The summed E-state index contributed by atoms with van der Waals surface area (Å²) in [5.74, 6) is 1.12. The molecule has 0 radical (unpaired) electrons. The molecule has 1 aliphatic carbocycles. The molecule has 0 unspecified atom stereocenters. The molecule has 4 rings (SSSR count). The Labute approximate surface area is 219 Å². The molecule has 9 nitrogen and oxygen atoms in total. The normalized spacial score (nSPS) is 21.3. The van der Waals surface area contributed by atoms with Gasteiger partial charge in [-0.3, -0.25) is 9.78 Å². The van der Waals surface area contributed by atoms with Crippen molar-refractivity contribution in [3.05, 3.63) is 47.9 Å². The molecule has 3 heterocycles. The molecule has 12 heteroatoms. The molecule has 38 heavy (non-hydrogen) atoms. The smallest absolute Gasteiger partial charge is 0.417 e. The Morgan fingerprint density at radius 3 is 2.58 bits per heavy atom. The highest BCUT2D eigenvalue weighted by Gasteiger charge is 2.62. The number of halogens is 3. The molecule has 1 saturated carbocycles. The number of hydrogen-bond donors (Lipinski definition) is 0. The van der Waals surface area contributed by atoms with E-state index >= 15 is 0 Å². The maximum absolute atomic E-state index is 13.3. The second-order valence-electron chi connectivity index (χ2n) is 9.44. The average Bonchev–Trinajstić information content (AvgIpc) is 3.73. The number of rotatable bonds is 15. The first kappa shape index (κ1) is 28.1. The second kappa shape index (κ2) is 12.3. The number of pyridine rings is 2. The average molecular weight is 540 g/mol. The molecule has 2 aliphatic rings. The van der Waals surface area contributed by atoms with Crippen molar-refractivity contribution in [2.75, 3.05) is 41.0 Å². The molecular formula is C26H32F3N3O6. The van der Waals surface area contributed by atoms with E-state index in [4.69, 9.17) is 23.7 Å². The lowest BCUT2D eigenvalue weighted by Gasteiger charge is -2.54. The lowest BCUT2D eigenvalue weighted by molar-refractivity contribution is -0.236. The van der Waals surface area contributed by atoms with Gasteiger partial charge in [-0.05, 0) is 30.9 Å². The minimum absolute atomic E-state index is 0.0184. The lowest BCUT2D eigenvalue weighted by atomic mass is 9.78. The SMILES string of the molecule is COCO[C@@]1(Cc2cc(OCCCC3CC3)ccn2)C(=O)N(COC)[C@H]1COc1ccc(C(F)(F)F)cn1. The van der Waals surface area contributed by atoms with Gasteiger partial charge in [0.25, 0.3) is 5.91 Å². The summed E-state index contributed by atoms with van der Waals surface area (Å²) in [4.78, 5) is 22.9. The number of β-lactam (4-membered cyclic amide) rings is 1. The molecule has 0 bridgehead atoms. The van der Waals surface area contributed by atoms with Crippen LogP contribution < -0.4 is 9.47 Å². The van der Waals surface area contributed by atoms with Crippen molar-refractivity contribution in [2.24, 2.45) is 5.92 Å². The van der Waals surface area contributed by atoms with Crippen LogP contribution in [0.2, 0.25) is 0 Å². The highest BCUT2D eigenvalue weighted by atomic mass is 19.4. The van der Waals surface area contributed by atoms with E-state index in [0.29, 0.717) is 24.2 Å². The number of alkyl halides is 3. The lowest BCUT2D eigenvalue weighted by Crippen LogP contribution is -2.77. The van der Waals surface area contributed by atoms with E-state index < -0.39 is 23.4 Å². The van der Waals surface area contributed by atoms with Crippen LogP contribution in [0.4, 0.5) is 13.2 Å². The van der Waals surface area contributed by atoms with Crippen LogP contribution in [-0.4, -0.2) is 73.4 Å². The van der Waals surface area contributed by atoms with Crippen molar-refractivity contribution in [1.82, 2.24) is 14.9 Å². The van der Waals surface area contributed by atoms with E-state index in [1.165, 1.54) is 32.0 Å². The molecule has 1 amide bonds. The first-order valence-corrected chi connectivity index (χ1v) is 12.4. The maximum Gasteiger partial charge on any atom is 0.417 e. The number of likely N-dealkylation sites (tertiary alicyclic amines) is 1. The summed E-state index contributed by atoms with van der Waals surface area (Å²) < 4.78 is 66.4. The van der Waals surface area contributed by atoms with Crippen LogP contribution in [0.25, 0.3) is 0 Å². The van der Waals surface area contributed by atoms with Crippen LogP contribution in [-0.2, 0) is 31.6 Å². The monoisotopic (exact) mass is 539 g/mol. The predicted molar refractivity (Wildman–Crippen MR) is 128 cm³/mol. The molecule has 0 spiro atoms. The number of ether oxygens (including phenoxy) is 5. The molecule has 208 valence electrons. The van der Waals surface area contributed by atoms with Gasteiger partial charge in [-0.2, -0.15) is 13.2 Å². The third-order valence-corrected chi connectivity index (χ3v) is 6.65. The largest absolute Gasteiger partial charge is 0.493 e. The van der Waals surface area contributed by atoms with Crippen molar-refractivity contribution in [2.45, 2.75) is 49.9 Å². The molecule has 1 saturated heterocycles. The Morgan fingerprint density at radius 2 is 1.92 bits per heavy atom. The molecule has 0 N–H and O–H groups in total. The predicted octanol–water partition coefficient (Wildman–Crippen LogP) is 3.86. The fraction of sp³-hybridized carbons (Fsp3) is 0.577. The van der Waals surface area contributed by atoms with Crippen LogP contribution in [0.3, 0.4) is 0 Å². The third kappa shape index (κ3) is 6.72. The van der Waals surface area contributed by atoms with Crippen molar-refractivity contribution in [1.29, 1.82) is 0 Å². The minimum Gasteiger partial charge on any atom is -0.493 e. The van der Waals surface area contributed by atoms with Gasteiger partial charge in [-0.15, -0.1) is 0 Å². The van der Waals surface area contributed by atoms with Gasteiger partial charge in [0.05, 0.1) is 12.2 Å². The molecular weight excluding hydrogens is 507 g/mol. The fourth-order valence-electron chi connectivity index (χ4n) is 4.47. The van der Waals surface area contributed by atoms with E-state index in [0.717, 1.165) is 30.9 Å². The van der Waals surface area contributed by atoms with Crippen LogP contribution in [0.15, 0.2) is 36.7 Å². The number of carbonyl (C=O) groups excluding carboxylic acids is 1. The number of carbonyl (C=O) groups is 1. The Balaban J connectivity index is 1.48. The zero-order valence-electron chi connectivity index (χ0n) is 21.4. The molecule has 0 aromatic carbocycles. The Kier molecular flexibility index (Phi) is 9.06. The number of nitrogens with zero attached hydrogens (tertiary/aromatic N) is 3. The minimum atomic E-state index is -4.51. The van der Waals surface area contributed by atoms with Gasteiger partial charge in [0.15, 0.2) is 5.60 Å². The Bertz CT molecular complexity index is 1070. The zero-order valence-corrected chi connectivity index (χ0v) is 21.4. The van der Waals surface area contributed by atoms with E-state index in [9.17, 15) is 18.0 Å². The molecule has 2 atom stereocenters. The van der Waals surface area contributed by atoms with Crippen molar-refractivity contribution < 1.29 is 41.7 Å². The van der Waals surface area contributed by atoms with Crippen molar-refractivity contribution in [3.63, 3.8) is 0 Å². The number of aromatic nitrogens is 2. The Morgan fingerprint density at radius 1 is 1.11 bits per heavy atom. The number of hydrogen-bond acceptors (Lipinski definition) is 8. The Hall–Kier alpha value is -2.96. The highest BCUT2D eigenvalue weighted by Crippen LogP contribution is 2.39. The fourth-order valence-corrected chi connectivity index (χ4v) is 4.47. The van der Waals surface area contributed by atoms with E-state index in [-0.39, 0.29) is 38.3 Å². The van der Waals surface area contributed by atoms with Crippen LogP contribution >= 0.6 is 0 Å².